The van der Waals surface area contributed by atoms with Gasteiger partial charge in [-0.2, -0.15) is 0 Å². The number of rotatable bonds is 5. The first-order valence-corrected chi connectivity index (χ1v) is 9.37. The Bertz CT molecular complexity index is 703. The van der Waals surface area contributed by atoms with Crippen molar-refractivity contribution in [2.45, 2.75) is 12.3 Å². The van der Waals surface area contributed by atoms with Crippen molar-refractivity contribution in [3.8, 4) is 0 Å². The van der Waals surface area contributed by atoms with Gasteiger partial charge in [0.2, 0.25) is 0 Å². The maximum Gasteiger partial charge on any atom is 0.253 e. The zero-order chi connectivity index (χ0) is 16.1. The van der Waals surface area contributed by atoms with E-state index in [4.69, 9.17) is 0 Å². The third-order valence-electron chi connectivity index (χ3n) is 3.26. The fourth-order valence-electron chi connectivity index (χ4n) is 2.20. The van der Waals surface area contributed by atoms with Crippen molar-refractivity contribution in [3.05, 3.63) is 69.7 Å². The molecule has 0 spiro atoms. The van der Waals surface area contributed by atoms with Crippen molar-refractivity contribution in [3.63, 3.8) is 0 Å². The summed E-state index contributed by atoms with van der Waals surface area (Å²) in [4.78, 5) is 14.2. The van der Waals surface area contributed by atoms with Crippen LogP contribution in [0.2, 0.25) is 0 Å². The van der Waals surface area contributed by atoms with E-state index in [0.717, 1.165) is 15.6 Å². The molecule has 116 valence electrons. The van der Waals surface area contributed by atoms with Gasteiger partial charge in [0.05, 0.1) is 0 Å². The molecule has 2 aromatic carbocycles. The molecule has 2 rings (SSSR count). The quantitative estimate of drug-likeness (QED) is 0.795. The standard InChI is InChI=1S/C17H18BrNO2S/c1-19(11-15-7-3-4-9-16(15)18)17(20)14-8-5-6-13(10-14)12-22(2)21/h3-10H,11-12H2,1-2H3. The molecule has 0 aliphatic heterocycles. The van der Waals surface area contributed by atoms with Crippen LogP contribution in [-0.4, -0.2) is 28.3 Å². The van der Waals surface area contributed by atoms with Gasteiger partial charge in [-0.3, -0.25) is 9.00 Å². The number of nitrogens with zero attached hydrogens (tertiary/aromatic N) is 1. The molecule has 1 amide bonds. The van der Waals surface area contributed by atoms with Crippen LogP contribution in [-0.2, 0) is 23.1 Å². The normalized spacial score (nSPS) is 12.0. The van der Waals surface area contributed by atoms with Crippen LogP contribution in [0.1, 0.15) is 21.5 Å². The van der Waals surface area contributed by atoms with E-state index < -0.39 is 10.8 Å². The molecule has 0 fully saturated rings. The average Bonchev–Trinajstić information content (AvgIpc) is 2.48. The van der Waals surface area contributed by atoms with Crippen molar-refractivity contribution in [2.24, 2.45) is 0 Å². The summed E-state index contributed by atoms with van der Waals surface area (Å²) in [6.45, 7) is 0.532. The van der Waals surface area contributed by atoms with Gasteiger partial charge in [0.15, 0.2) is 0 Å². The van der Waals surface area contributed by atoms with Crippen LogP contribution < -0.4 is 0 Å². The fourth-order valence-corrected chi connectivity index (χ4v) is 3.26. The minimum atomic E-state index is -0.914. The number of halogens is 1. The lowest BCUT2D eigenvalue weighted by Crippen LogP contribution is -2.26. The molecule has 2 aromatic rings. The Morgan fingerprint density at radius 1 is 1.18 bits per heavy atom. The number of hydrogen-bond donors (Lipinski definition) is 0. The summed E-state index contributed by atoms with van der Waals surface area (Å²) >= 11 is 3.50. The van der Waals surface area contributed by atoms with E-state index in [1.54, 1.807) is 24.3 Å². The molecule has 5 heteroatoms. The van der Waals surface area contributed by atoms with E-state index >= 15 is 0 Å². The van der Waals surface area contributed by atoms with E-state index in [9.17, 15) is 9.00 Å². The molecule has 0 saturated carbocycles. The smallest absolute Gasteiger partial charge is 0.253 e. The molecular weight excluding hydrogens is 362 g/mol. The SMILES string of the molecule is CN(Cc1ccccc1Br)C(=O)c1cccc(CS(C)=O)c1. The van der Waals surface area contributed by atoms with Gasteiger partial charge in [-0.25, -0.2) is 0 Å². The van der Waals surface area contributed by atoms with Crippen LogP contribution in [0.25, 0.3) is 0 Å². The summed E-state index contributed by atoms with van der Waals surface area (Å²) in [5.41, 5.74) is 2.60. The number of amides is 1. The van der Waals surface area contributed by atoms with Gasteiger partial charge in [-0.15, -0.1) is 0 Å². The van der Waals surface area contributed by atoms with Crippen LogP contribution in [0.4, 0.5) is 0 Å². The summed E-state index contributed by atoms with van der Waals surface area (Å²) in [6.07, 6.45) is 1.66. The highest BCUT2D eigenvalue weighted by Crippen LogP contribution is 2.18. The lowest BCUT2D eigenvalue weighted by molar-refractivity contribution is 0.0784. The van der Waals surface area contributed by atoms with Crippen molar-refractivity contribution < 1.29 is 9.00 Å². The van der Waals surface area contributed by atoms with Gasteiger partial charge in [0.1, 0.15) is 0 Å². The van der Waals surface area contributed by atoms with E-state index in [0.29, 0.717) is 17.9 Å². The van der Waals surface area contributed by atoms with Crippen molar-refractivity contribution in [2.75, 3.05) is 13.3 Å². The second kappa shape index (κ2) is 7.70. The number of hydrogen-bond acceptors (Lipinski definition) is 2. The van der Waals surface area contributed by atoms with E-state index in [2.05, 4.69) is 15.9 Å². The summed E-state index contributed by atoms with van der Waals surface area (Å²) in [7, 11) is 0.870. The highest BCUT2D eigenvalue weighted by molar-refractivity contribution is 9.10. The summed E-state index contributed by atoms with van der Waals surface area (Å²) in [5.74, 6) is 0.425. The molecule has 1 unspecified atom stereocenters. The highest BCUT2D eigenvalue weighted by Gasteiger charge is 2.13. The van der Waals surface area contributed by atoms with Crippen molar-refractivity contribution >= 4 is 32.6 Å². The lowest BCUT2D eigenvalue weighted by atomic mass is 10.1. The first-order chi connectivity index (χ1) is 10.5. The van der Waals surface area contributed by atoms with Gasteiger partial charge < -0.3 is 4.90 Å². The van der Waals surface area contributed by atoms with Gasteiger partial charge in [0, 0.05) is 46.4 Å². The first kappa shape index (κ1) is 16.9. The molecule has 0 bridgehead atoms. The van der Waals surface area contributed by atoms with E-state index in [1.807, 2.05) is 42.5 Å². The zero-order valence-electron chi connectivity index (χ0n) is 12.6. The van der Waals surface area contributed by atoms with Crippen molar-refractivity contribution in [1.82, 2.24) is 4.90 Å². The predicted octanol–water partition coefficient (Wildman–Crippen LogP) is 3.60. The predicted molar refractivity (Wildman–Crippen MR) is 94.2 cm³/mol. The average molecular weight is 380 g/mol. The minimum Gasteiger partial charge on any atom is -0.337 e. The topological polar surface area (TPSA) is 37.4 Å². The summed E-state index contributed by atoms with van der Waals surface area (Å²) in [5, 5.41) is 0. The minimum absolute atomic E-state index is 0.0421. The largest absolute Gasteiger partial charge is 0.337 e. The Hall–Kier alpha value is -1.46. The molecule has 22 heavy (non-hydrogen) atoms. The molecule has 0 heterocycles. The third kappa shape index (κ3) is 4.52. The molecule has 1 atom stereocenters. The highest BCUT2D eigenvalue weighted by atomic mass is 79.9. The Morgan fingerprint density at radius 2 is 1.91 bits per heavy atom. The van der Waals surface area contributed by atoms with Crippen LogP contribution in [0.15, 0.2) is 53.0 Å². The summed E-state index contributed by atoms with van der Waals surface area (Å²) < 4.78 is 12.3. The number of carbonyl (C=O) groups is 1. The van der Waals surface area contributed by atoms with Gasteiger partial charge >= 0.3 is 0 Å². The van der Waals surface area contributed by atoms with Crippen LogP contribution in [0.3, 0.4) is 0 Å². The van der Waals surface area contributed by atoms with E-state index in [-0.39, 0.29) is 5.91 Å². The molecule has 0 saturated heterocycles. The molecule has 0 aliphatic carbocycles. The Balaban J connectivity index is 2.13. The lowest BCUT2D eigenvalue weighted by Gasteiger charge is -2.18. The Morgan fingerprint density at radius 3 is 2.59 bits per heavy atom. The van der Waals surface area contributed by atoms with Crippen LogP contribution in [0, 0.1) is 0 Å². The first-order valence-electron chi connectivity index (χ1n) is 6.85. The second-order valence-electron chi connectivity index (χ2n) is 5.17. The third-order valence-corrected chi connectivity index (χ3v) is 4.77. The molecular formula is C17H18BrNO2S. The number of carbonyl (C=O) groups excluding carboxylic acids is 1. The maximum atomic E-state index is 12.5. The Kier molecular flexibility index (Phi) is 5.91. The summed E-state index contributed by atoms with van der Waals surface area (Å²) in [6, 6.07) is 15.2. The van der Waals surface area contributed by atoms with Gasteiger partial charge in [-0.05, 0) is 29.3 Å². The molecule has 0 N–H and O–H groups in total. The molecule has 0 aromatic heterocycles. The molecule has 0 radical (unpaired) electrons. The monoisotopic (exact) mass is 379 g/mol. The van der Waals surface area contributed by atoms with E-state index in [1.165, 1.54) is 0 Å². The van der Waals surface area contributed by atoms with Crippen LogP contribution >= 0.6 is 15.9 Å². The van der Waals surface area contributed by atoms with Gasteiger partial charge in [0.25, 0.3) is 5.91 Å². The van der Waals surface area contributed by atoms with Gasteiger partial charge in [-0.1, -0.05) is 46.3 Å². The Labute approximate surface area is 141 Å². The maximum absolute atomic E-state index is 12.5. The van der Waals surface area contributed by atoms with Crippen molar-refractivity contribution in [1.29, 1.82) is 0 Å². The van der Waals surface area contributed by atoms with Crippen LogP contribution in [0.5, 0.6) is 0 Å². The second-order valence-corrected chi connectivity index (χ2v) is 7.46. The fraction of sp³-hybridized carbons (Fsp3) is 0.235. The molecule has 0 aliphatic rings. The zero-order valence-corrected chi connectivity index (χ0v) is 15.0. The number of benzene rings is 2. The molecule has 3 nitrogen and oxygen atoms in total.